The Bertz CT molecular complexity index is 434. The standard InChI is InChI=1S/C13H18N2O2/c1-14-8-11-5-7-17-13(11)10-15(2)9-12-4-3-6-16-12/h3-7,14H,8-10H2,1-2H3. The second kappa shape index (κ2) is 5.70. The van der Waals surface area contributed by atoms with Gasteiger partial charge in [-0.3, -0.25) is 4.90 Å². The van der Waals surface area contributed by atoms with E-state index >= 15 is 0 Å². The second-order valence-corrected chi connectivity index (χ2v) is 4.15. The van der Waals surface area contributed by atoms with E-state index in [4.69, 9.17) is 8.83 Å². The minimum Gasteiger partial charge on any atom is -0.468 e. The molecule has 2 aromatic heterocycles. The fourth-order valence-electron chi connectivity index (χ4n) is 1.82. The highest BCUT2D eigenvalue weighted by atomic mass is 16.3. The molecule has 92 valence electrons. The second-order valence-electron chi connectivity index (χ2n) is 4.15. The fraction of sp³-hybridized carbons (Fsp3) is 0.385. The molecule has 0 unspecified atom stereocenters. The smallest absolute Gasteiger partial charge is 0.122 e. The molecule has 0 saturated heterocycles. The highest BCUT2D eigenvalue weighted by molar-refractivity contribution is 5.16. The maximum Gasteiger partial charge on any atom is 0.122 e. The summed E-state index contributed by atoms with van der Waals surface area (Å²) in [5.74, 6) is 1.97. The van der Waals surface area contributed by atoms with Crippen molar-refractivity contribution in [2.24, 2.45) is 0 Å². The summed E-state index contributed by atoms with van der Waals surface area (Å²) in [5, 5.41) is 3.13. The highest BCUT2D eigenvalue weighted by Crippen LogP contribution is 2.14. The molecule has 0 atom stereocenters. The van der Waals surface area contributed by atoms with E-state index in [-0.39, 0.29) is 0 Å². The first-order chi connectivity index (χ1) is 8.29. The fourth-order valence-corrected chi connectivity index (χ4v) is 1.82. The van der Waals surface area contributed by atoms with Gasteiger partial charge in [0.05, 0.1) is 25.6 Å². The molecule has 2 heterocycles. The lowest BCUT2D eigenvalue weighted by molar-refractivity contribution is 0.263. The zero-order valence-corrected chi connectivity index (χ0v) is 10.3. The first-order valence-electron chi connectivity index (χ1n) is 5.70. The lowest BCUT2D eigenvalue weighted by Gasteiger charge is -2.14. The van der Waals surface area contributed by atoms with Crippen LogP contribution in [-0.4, -0.2) is 19.0 Å². The summed E-state index contributed by atoms with van der Waals surface area (Å²) in [6, 6.07) is 5.89. The van der Waals surface area contributed by atoms with E-state index in [1.165, 1.54) is 5.56 Å². The van der Waals surface area contributed by atoms with E-state index in [0.717, 1.165) is 31.2 Å². The van der Waals surface area contributed by atoms with Gasteiger partial charge in [0, 0.05) is 12.1 Å². The molecule has 0 aliphatic heterocycles. The molecule has 0 fully saturated rings. The average Bonchev–Trinajstić information content (AvgIpc) is 2.92. The Balaban J connectivity index is 1.93. The largest absolute Gasteiger partial charge is 0.468 e. The van der Waals surface area contributed by atoms with Gasteiger partial charge in [0.25, 0.3) is 0 Å². The van der Waals surface area contributed by atoms with Gasteiger partial charge in [-0.2, -0.15) is 0 Å². The average molecular weight is 234 g/mol. The van der Waals surface area contributed by atoms with Gasteiger partial charge in [0.15, 0.2) is 0 Å². The normalized spacial score (nSPS) is 11.2. The maximum absolute atomic E-state index is 5.49. The van der Waals surface area contributed by atoms with Crippen molar-refractivity contribution in [2.75, 3.05) is 14.1 Å². The monoisotopic (exact) mass is 234 g/mol. The van der Waals surface area contributed by atoms with Crippen molar-refractivity contribution in [3.05, 3.63) is 47.8 Å². The van der Waals surface area contributed by atoms with Crippen LogP contribution in [0.25, 0.3) is 0 Å². The van der Waals surface area contributed by atoms with Crippen molar-refractivity contribution < 1.29 is 8.83 Å². The summed E-state index contributed by atoms with van der Waals surface area (Å²) in [6.07, 6.45) is 3.44. The Morgan fingerprint density at radius 3 is 2.76 bits per heavy atom. The van der Waals surface area contributed by atoms with Crippen molar-refractivity contribution in [3.63, 3.8) is 0 Å². The molecule has 1 N–H and O–H groups in total. The summed E-state index contributed by atoms with van der Waals surface area (Å²) >= 11 is 0. The third kappa shape index (κ3) is 3.22. The third-order valence-corrected chi connectivity index (χ3v) is 2.62. The first kappa shape index (κ1) is 12.0. The van der Waals surface area contributed by atoms with Gasteiger partial charge in [-0.15, -0.1) is 0 Å². The van der Waals surface area contributed by atoms with Crippen LogP contribution in [0.4, 0.5) is 0 Å². The van der Waals surface area contributed by atoms with Crippen LogP contribution in [0.15, 0.2) is 39.6 Å². The van der Waals surface area contributed by atoms with Crippen LogP contribution in [-0.2, 0) is 19.6 Å². The van der Waals surface area contributed by atoms with Crippen molar-refractivity contribution in [1.29, 1.82) is 0 Å². The number of nitrogens with zero attached hydrogens (tertiary/aromatic N) is 1. The Kier molecular flexibility index (Phi) is 4.01. The number of hydrogen-bond donors (Lipinski definition) is 1. The van der Waals surface area contributed by atoms with Crippen molar-refractivity contribution in [2.45, 2.75) is 19.6 Å². The quantitative estimate of drug-likeness (QED) is 0.832. The Morgan fingerprint density at radius 2 is 2.06 bits per heavy atom. The molecule has 2 aromatic rings. The summed E-state index contributed by atoms with van der Waals surface area (Å²) in [6.45, 7) is 2.40. The highest BCUT2D eigenvalue weighted by Gasteiger charge is 2.09. The predicted molar refractivity (Wildman–Crippen MR) is 65.4 cm³/mol. The molecule has 2 rings (SSSR count). The SMILES string of the molecule is CNCc1ccoc1CN(C)Cc1ccco1. The molecule has 0 aliphatic carbocycles. The van der Waals surface area contributed by atoms with Crippen LogP contribution in [0, 0.1) is 0 Å². The van der Waals surface area contributed by atoms with Gasteiger partial charge in [-0.1, -0.05) is 0 Å². The zero-order chi connectivity index (χ0) is 12.1. The molecule has 0 aromatic carbocycles. The molecule has 0 radical (unpaired) electrons. The maximum atomic E-state index is 5.49. The Labute approximate surface area is 101 Å². The van der Waals surface area contributed by atoms with E-state index in [1.807, 2.05) is 32.3 Å². The molecule has 0 spiro atoms. The third-order valence-electron chi connectivity index (χ3n) is 2.62. The van der Waals surface area contributed by atoms with Crippen LogP contribution in [0.2, 0.25) is 0 Å². The number of hydrogen-bond acceptors (Lipinski definition) is 4. The van der Waals surface area contributed by atoms with Crippen LogP contribution < -0.4 is 5.32 Å². The first-order valence-corrected chi connectivity index (χ1v) is 5.70. The van der Waals surface area contributed by atoms with Gasteiger partial charge < -0.3 is 14.2 Å². The molecule has 0 amide bonds. The van der Waals surface area contributed by atoms with E-state index in [9.17, 15) is 0 Å². The van der Waals surface area contributed by atoms with Crippen molar-refractivity contribution >= 4 is 0 Å². The molecule has 0 aliphatic rings. The summed E-state index contributed by atoms with van der Waals surface area (Å²) < 4.78 is 10.8. The molecule has 17 heavy (non-hydrogen) atoms. The summed E-state index contributed by atoms with van der Waals surface area (Å²) in [5.41, 5.74) is 1.21. The zero-order valence-electron chi connectivity index (χ0n) is 10.3. The van der Waals surface area contributed by atoms with Gasteiger partial charge in [0.1, 0.15) is 11.5 Å². The van der Waals surface area contributed by atoms with Crippen molar-refractivity contribution in [3.8, 4) is 0 Å². The molecule has 4 nitrogen and oxygen atoms in total. The molecular weight excluding hydrogens is 216 g/mol. The van der Waals surface area contributed by atoms with Crippen LogP contribution >= 0.6 is 0 Å². The Hall–Kier alpha value is -1.52. The molecule has 0 bridgehead atoms. The minimum absolute atomic E-state index is 0.782. The van der Waals surface area contributed by atoms with Crippen LogP contribution in [0.3, 0.4) is 0 Å². The lowest BCUT2D eigenvalue weighted by atomic mass is 10.2. The van der Waals surface area contributed by atoms with Crippen LogP contribution in [0.1, 0.15) is 17.1 Å². The number of furan rings is 2. The van der Waals surface area contributed by atoms with E-state index in [0.29, 0.717) is 0 Å². The van der Waals surface area contributed by atoms with Crippen LogP contribution in [0.5, 0.6) is 0 Å². The lowest BCUT2D eigenvalue weighted by Crippen LogP contribution is -2.18. The molecule has 4 heteroatoms. The molecular formula is C13H18N2O2. The molecule has 0 saturated carbocycles. The van der Waals surface area contributed by atoms with Gasteiger partial charge in [-0.25, -0.2) is 0 Å². The van der Waals surface area contributed by atoms with Gasteiger partial charge in [0.2, 0.25) is 0 Å². The number of nitrogens with one attached hydrogen (secondary N) is 1. The minimum atomic E-state index is 0.782. The summed E-state index contributed by atoms with van der Waals surface area (Å²) in [4.78, 5) is 2.16. The summed E-state index contributed by atoms with van der Waals surface area (Å²) in [7, 11) is 3.98. The van der Waals surface area contributed by atoms with E-state index in [2.05, 4.69) is 10.2 Å². The van der Waals surface area contributed by atoms with Gasteiger partial charge in [-0.05, 0) is 32.3 Å². The van der Waals surface area contributed by atoms with E-state index in [1.54, 1.807) is 12.5 Å². The van der Waals surface area contributed by atoms with Crippen molar-refractivity contribution in [1.82, 2.24) is 10.2 Å². The number of rotatable bonds is 6. The van der Waals surface area contributed by atoms with E-state index < -0.39 is 0 Å². The topological polar surface area (TPSA) is 41.6 Å². The Morgan fingerprint density at radius 1 is 1.18 bits per heavy atom. The predicted octanol–water partition coefficient (Wildman–Crippen LogP) is 2.22. The van der Waals surface area contributed by atoms with Gasteiger partial charge >= 0.3 is 0 Å².